The van der Waals surface area contributed by atoms with E-state index in [9.17, 15) is 4.79 Å². The number of hydrogen-bond acceptors (Lipinski definition) is 4. The van der Waals surface area contributed by atoms with Gasteiger partial charge >= 0.3 is 0 Å². The molecule has 0 spiro atoms. The number of para-hydroxylation sites is 3. The van der Waals surface area contributed by atoms with Gasteiger partial charge in [0.15, 0.2) is 5.82 Å². The average molecular weight is 388 g/mol. The first-order valence-corrected chi connectivity index (χ1v) is 10.4. The Morgan fingerprint density at radius 2 is 2.00 bits per heavy atom. The number of aromatic nitrogens is 3. The maximum Gasteiger partial charge on any atom is 0.247 e. The summed E-state index contributed by atoms with van der Waals surface area (Å²) < 4.78 is 2.00. The topological polar surface area (TPSA) is 51.0 Å². The van der Waals surface area contributed by atoms with Crippen molar-refractivity contribution in [2.24, 2.45) is 0 Å². The Hall–Kier alpha value is -2.99. The number of hydrogen-bond donors (Lipinski definition) is 0. The minimum atomic E-state index is 0.0827. The van der Waals surface area contributed by atoms with Gasteiger partial charge in [0.1, 0.15) is 12.2 Å². The molecule has 0 fully saturated rings. The number of fused-ring (bicyclic) bond motifs is 2. The molecule has 1 atom stereocenters. The molecular weight excluding hydrogens is 368 g/mol. The van der Waals surface area contributed by atoms with E-state index in [0.29, 0.717) is 0 Å². The highest BCUT2D eigenvalue weighted by molar-refractivity contribution is 7.07. The Morgan fingerprint density at radius 3 is 2.86 bits per heavy atom. The van der Waals surface area contributed by atoms with Crippen molar-refractivity contribution in [1.82, 2.24) is 14.5 Å². The number of carbonyl (C=O) groups excluding carboxylic acids is 1. The maximum atomic E-state index is 13.5. The first-order valence-electron chi connectivity index (χ1n) is 9.46. The Bertz CT molecular complexity index is 1150. The highest BCUT2D eigenvalue weighted by atomic mass is 32.1. The molecular formula is C22H20N4OS. The van der Waals surface area contributed by atoms with E-state index in [2.05, 4.69) is 24.0 Å². The van der Waals surface area contributed by atoms with E-state index >= 15 is 0 Å². The van der Waals surface area contributed by atoms with Crippen molar-refractivity contribution in [1.29, 1.82) is 0 Å². The van der Waals surface area contributed by atoms with Gasteiger partial charge in [0, 0.05) is 17.1 Å². The molecule has 0 N–H and O–H groups in total. The molecule has 0 unspecified atom stereocenters. The smallest absolute Gasteiger partial charge is 0.247 e. The standard InChI is InChI=1S/C22H20N4OS/c1-15-10-11-16-6-2-4-8-19(16)26(15)21(27)12-25-20-9-5-3-7-17(20)24-22(25)18-13-28-14-23-18/h2-9,13-15H,10-12H2,1H3/t15-/m0/s1. The first-order chi connectivity index (χ1) is 13.7. The first kappa shape index (κ1) is 17.1. The van der Waals surface area contributed by atoms with Gasteiger partial charge in [-0.2, -0.15) is 0 Å². The molecule has 6 heteroatoms. The molecule has 4 aromatic rings. The summed E-state index contributed by atoms with van der Waals surface area (Å²) in [6, 6.07) is 16.3. The van der Waals surface area contributed by atoms with Gasteiger partial charge in [0.25, 0.3) is 0 Å². The van der Waals surface area contributed by atoms with Crippen LogP contribution in [0.25, 0.3) is 22.6 Å². The van der Waals surface area contributed by atoms with Crippen molar-refractivity contribution < 1.29 is 4.79 Å². The van der Waals surface area contributed by atoms with Crippen molar-refractivity contribution in [3.05, 3.63) is 65.0 Å². The van der Waals surface area contributed by atoms with Crippen LogP contribution in [0, 0.1) is 0 Å². The average Bonchev–Trinajstić information content (AvgIpc) is 3.36. The van der Waals surface area contributed by atoms with Gasteiger partial charge in [-0.15, -0.1) is 11.3 Å². The van der Waals surface area contributed by atoms with E-state index in [1.165, 1.54) is 16.9 Å². The molecule has 0 bridgehead atoms. The number of anilines is 1. The molecule has 1 aliphatic rings. The number of carbonyl (C=O) groups is 1. The van der Waals surface area contributed by atoms with Gasteiger partial charge in [-0.05, 0) is 43.5 Å². The molecule has 0 aliphatic carbocycles. The minimum absolute atomic E-state index is 0.0827. The van der Waals surface area contributed by atoms with Crippen molar-refractivity contribution in [3.8, 4) is 11.5 Å². The summed E-state index contributed by atoms with van der Waals surface area (Å²) in [5.74, 6) is 0.827. The molecule has 0 saturated carbocycles. The van der Waals surface area contributed by atoms with Crippen LogP contribution in [0.2, 0.25) is 0 Å². The van der Waals surface area contributed by atoms with Gasteiger partial charge in [0.2, 0.25) is 5.91 Å². The molecule has 5 nitrogen and oxygen atoms in total. The fourth-order valence-electron chi connectivity index (χ4n) is 4.03. The molecule has 0 saturated heterocycles. The summed E-state index contributed by atoms with van der Waals surface area (Å²) in [6.45, 7) is 2.37. The molecule has 28 heavy (non-hydrogen) atoms. The molecule has 3 heterocycles. The van der Waals surface area contributed by atoms with Crippen LogP contribution in [0.5, 0.6) is 0 Å². The highest BCUT2D eigenvalue weighted by Crippen LogP contribution is 2.32. The van der Waals surface area contributed by atoms with E-state index in [1.54, 1.807) is 5.51 Å². The SMILES string of the molecule is C[C@H]1CCc2ccccc2N1C(=O)Cn1c(-c2cscn2)nc2ccccc21. The maximum absolute atomic E-state index is 13.5. The van der Waals surface area contributed by atoms with Crippen LogP contribution < -0.4 is 4.90 Å². The number of rotatable bonds is 3. The molecule has 1 amide bonds. The van der Waals surface area contributed by atoms with Crippen molar-refractivity contribution in [3.63, 3.8) is 0 Å². The predicted octanol–water partition coefficient (Wildman–Crippen LogP) is 4.53. The van der Waals surface area contributed by atoms with Crippen molar-refractivity contribution >= 4 is 34.0 Å². The summed E-state index contributed by atoms with van der Waals surface area (Å²) in [6.07, 6.45) is 1.99. The summed E-state index contributed by atoms with van der Waals surface area (Å²) in [7, 11) is 0. The Kier molecular flexibility index (Phi) is 4.20. The molecule has 0 radical (unpaired) electrons. The number of thiazole rings is 1. The van der Waals surface area contributed by atoms with Gasteiger partial charge in [-0.3, -0.25) is 4.79 Å². The molecule has 1 aliphatic heterocycles. The lowest BCUT2D eigenvalue weighted by Crippen LogP contribution is -2.43. The second kappa shape index (κ2) is 6.87. The van der Waals surface area contributed by atoms with Crippen molar-refractivity contribution in [2.45, 2.75) is 32.4 Å². The van der Waals surface area contributed by atoms with E-state index in [0.717, 1.165) is 41.1 Å². The fraction of sp³-hybridized carbons (Fsp3) is 0.227. The van der Waals surface area contributed by atoms with E-state index in [4.69, 9.17) is 4.98 Å². The third-order valence-electron chi connectivity index (χ3n) is 5.40. The quantitative estimate of drug-likeness (QED) is 0.518. The van der Waals surface area contributed by atoms with Crippen LogP contribution in [-0.4, -0.2) is 26.5 Å². The fourth-order valence-corrected chi connectivity index (χ4v) is 4.56. The number of imidazole rings is 1. The van der Waals surface area contributed by atoms with Gasteiger partial charge in [0.05, 0.1) is 16.5 Å². The lowest BCUT2D eigenvalue weighted by Gasteiger charge is -2.35. The van der Waals surface area contributed by atoms with Gasteiger partial charge in [-0.1, -0.05) is 30.3 Å². The third kappa shape index (κ3) is 2.81. The van der Waals surface area contributed by atoms with Crippen LogP contribution in [-0.2, 0) is 17.8 Å². The third-order valence-corrected chi connectivity index (χ3v) is 5.99. The second-order valence-electron chi connectivity index (χ2n) is 7.16. The van der Waals surface area contributed by atoms with Crippen LogP contribution in [0.3, 0.4) is 0 Å². The van der Waals surface area contributed by atoms with Crippen LogP contribution in [0.15, 0.2) is 59.4 Å². The number of aryl methyl sites for hydroxylation is 1. The zero-order valence-electron chi connectivity index (χ0n) is 15.6. The van der Waals surface area contributed by atoms with Crippen LogP contribution >= 0.6 is 11.3 Å². The molecule has 2 aromatic heterocycles. The number of benzene rings is 2. The van der Waals surface area contributed by atoms with Gasteiger partial charge < -0.3 is 9.47 Å². The summed E-state index contributed by atoms with van der Waals surface area (Å²) in [5.41, 5.74) is 6.71. The second-order valence-corrected chi connectivity index (χ2v) is 7.88. The zero-order valence-corrected chi connectivity index (χ0v) is 16.4. The minimum Gasteiger partial charge on any atom is -0.313 e. The normalized spacial score (nSPS) is 16.3. The van der Waals surface area contributed by atoms with Crippen LogP contribution in [0.1, 0.15) is 18.9 Å². The largest absolute Gasteiger partial charge is 0.313 e. The Balaban J connectivity index is 1.57. The summed E-state index contributed by atoms with van der Waals surface area (Å²) in [4.78, 5) is 24.6. The lowest BCUT2D eigenvalue weighted by atomic mass is 9.96. The van der Waals surface area contributed by atoms with Crippen molar-refractivity contribution in [2.75, 3.05) is 4.90 Å². The summed E-state index contributed by atoms with van der Waals surface area (Å²) in [5, 5.41) is 1.97. The monoisotopic (exact) mass is 388 g/mol. The lowest BCUT2D eigenvalue weighted by molar-refractivity contribution is -0.119. The van der Waals surface area contributed by atoms with E-state index < -0.39 is 0 Å². The predicted molar refractivity (Wildman–Crippen MR) is 113 cm³/mol. The van der Waals surface area contributed by atoms with Crippen LogP contribution in [0.4, 0.5) is 5.69 Å². The molecule has 140 valence electrons. The molecule has 5 rings (SSSR count). The van der Waals surface area contributed by atoms with E-state index in [-0.39, 0.29) is 18.5 Å². The van der Waals surface area contributed by atoms with Gasteiger partial charge in [-0.25, -0.2) is 9.97 Å². The highest BCUT2D eigenvalue weighted by Gasteiger charge is 2.29. The number of nitrogens with zero attached hydrogens (tertiary/aromatic N) is 4. The summed E-state index contributed by atoms with van der Waals surface area (Å²) >= 11 is 1.53. The zero-order chi connectivity index (χ0) is 19.1. The Labute approximate surface area is 167 Å². The molecule has 2 aromatic carbocycles. The number of amides is 1. The Morgan fingerprint density at radius 1 is 1.18 bits per heavy atom. The van der Waals surface area contributed by atoms with E-state index in [1.807, 2.05) is 51.2 Å².